The molecule has 1 aromatic rings. The molecule has 0 spiro atoms. The maximum atomic E-state index is 9.82. The molecular formula is C12H19ClN2O. The van der Waals surface area contributed by atoms with Crippen molar-refractivity contribution in [2.75, 3.05) is 5.73 Å². The van der Waals surface area contributed by atoms with E-state index in [9.17, 15) is 5.11 Å². The van der Waals surface area contributed by atoms with Gasteiger partial charge in [0.15, 0.2) is 0 Å². The summed E-state index contributed by atoms with van der Waals surface area (Å²) >= 11 is 0. The third kappa shape index (κ3) is 3.15. The van der Waals surface area contributed by atoms with Crippen LogP contribution in [0.5, 0.6) is 5.75 Å². The number of allylic oxidation sites excluding steroid dienone is 1. The monoisotopic (exact) mass is 242 g/mol. The summed E-state index contributed by atoms with van der Waals surface area (Å²) in [5, 5.41) is 9.82. The second-order valence-corrected chi connectivity index (χ2v) is 3.71. The Balaban J connectivity index is 0.00000225. The van der Waals surface area contributed by atoms with Gasteiger partial charge in [-0.25, -0.2) is 0 Å². The smallest absolute Gasteiger partial charge is 0.143 e. The van der Waals surface area contributed by atoms with Gasteiger partial charge in [-0.2, -0.15) is 0 Å². The van der Waals surface area contributed by atoms with Crippen molar-refractivity contribution in [1.82, 2.24) is 0 Å². The van der Waals surface area contributed by atoms with Crippen LogP contribution in [-0.4, -0.2) is 5.11 Å². The summed E-state index contributed by atoms with van der Waals surface area (Å²) in [5.41, 5.74) is 13.7. The van der Waals surface area contributed by atoms with Gasteiger partial charge in [-0.1, -0.05) is 12.1 Å². The number of hydrogen-bond donors (Lipinski definition) is 3. The van der Waals surface area contributed by atoms with Gasteiger partial charge in [-0.05, 0) is 31.4 Å². The fourth-order valence-corrected chi connectivity index (χ4v) is 1.64. The Labute approximate surface area is 103 Å². The van der Waals surface area contributed by atoms with Crippen molar-refractivity contribution in [2.24, 2.45) is 5.73 Å². The van der Waals surface area contributed by atoms with Crippen molar-refractivity contribution in [3.63, 3.8) is 0 Å². The summed E-state index contributed by atoms with van der Waals surface area (Å²) in [7, 11) is 0. The summed E-state index contributed by atoms with van der Waals surface area (Å²) in [5.74, 6) is 0.117. The number of phenolic OH excluding ortho intramolecular Hbond substituents is 1. The van der Waals surface area contributed by atoms with E-state index in [2.05, 4.69) is 6.58 Å². The summed E-state index contributed by atoms with van der Waals surface area (Å²) in [4.78, 5) is 0. The van der Waals surface area contributed by atoms with Gasteiger partial charge in [0, 0.05) is 11.6 Å². The normalized spacial score (nSPS) is 11.6. The lowest BCUT2D eigenvalue weighted by molar-refractivity contribution is 0.460. The number of halogens is 1. The molecule has 0 heterocycles. The molecule has 1 atom stereocenters. The summed E-state index contributed by atoms with van der Waals surface area (Å²) in [6.07, 6.45) is 3.41. The van der Waals surface area contributed by atoms with Gasteiger partial charge >= 0.3 is 0 Å². The Hall–Kier alpha value is -1.19. The van der Waals surface area contributed by atoms with E-state index in [0.717, 1.165) is 24.0 Å². The molecule has 0 saturated heterocycles. The molecule has 1 rings (SSSR count). The highest BCUT2D eigenvalue weighted by molar-refractivity contribution is 5.85. The van der Waals surface area contributed by atoms with E-state index >= 15 is 0 Å². The zero-order valence-corrected chi connectivity index (χ0v) is 10.3. The van der Waals surface area contributed by atoms with Crippen molar-refractivity contribution in [1.29, 1.82) is 0 Å². The minimum Gasteiger partial charge on any atom is -0.505 e. The van der Waals surface area contributed by atoms with Gasteiger partial charge in [-0.15, -0.1) is 19.0 Å². The standard InChI is InChI=1S/C12H18N2O.ClH/c1-3-4-5-9(13)11-8(2)6-7-10(14)12(11)15;/h3,6-7,9,15H,1,4-5,13-14H2,2H3;1H/t9-;/m1./s1. The molecule has 4 heteroatoms. The summed E-state index contributed by atoms with van der Waals surface area (Å²) in [6.45, 7) is 5.56. The molecular weight excluding hydrogens is 224 g/mol. The van der Waals surface area contributed by atoms with Crippen LogP contribution in [0, 0.1) is 6.92 Å². The van der Waals surface area contributed by atoms with Crippen molar-refractivity contribution < 1.29 is 5.11 Å². The minimum absolute atomic E-state index is 0. The number of nitrogen functional groups attached to an aromatic ring is 1. The first-order valence-corrected chi connectivity index (χ1v) is 5.02. The molecule has 0 unspecified atom stereocenters. The van der Waals surface area contributed by atoms with Gasteiger partial charge in [0.25, 0.3) is 0 Å². The first-order valence-electron chi connectivity index (χ1n) is 5.02. The Bertz CT molecular complexity index is 366. The molecule has 0 aromatic heterocycles. The molecule has 0 radical (unpaired) electrons. The van der Waals surface area contributed by atoms with E-state index in [1.807, 2.05) is 19.1 Å². The highest BCUT2D eigenvalue weighted by Crippen LogP contribution is 2.33. The number of benzene rings is 1. The predicted octanol–water partition coefficient (Wildman–Crippen LogP) is 2.67. The molecule has 0 aliphatic heterocycles. The van der Waals surface area contributed by atoms with Gasteiger partial charge < -0.3 is 16.6 Å². The van der Waals surface area contributed by atoms with Crippen LogP contribution in [0.3, 0.4) is 0 Å². The average Bonchev–Trinajstić information content (AvgIpc) is 2.21. The fourth-order valence-electron chi connectivity index (χ4n) is 1.64. The number of phenols is 1. The van der Waals surface area contributed by atoms with Gasteiger partial charge in [0.1, 0.15) is 5.75 Å². The molecule has 0 saturated carbocycles. The molecule has 3 nitrogen and oxygen atoms in total. The minimum atomic E-state index is -0.188. The van der Waals surface area contributed by atoms with Gasteiger partial charge in [-0.3, -0.25) is 0 Å². The zero-order chi connectivity index (χ0) is 11.4. The number of anilines is 1. The van der Waals surface area contributed by atoms with Crippen LogP contribution in [-0.2, 0) is 0 Å². The van der Waals surface area contributed by atoms with Crippen molar-refractivity contribution in [2.45, 2.75) is 25.8 Å². The van der Waals surface area contributed by atoms with Crippen LogP contribution in [0.4, 0.5) is 5.69 Å². The first kappa shape index (κ1) is 14.8. The quantitative estimate of drug-likeness (QED) is 0.432. The van der Waals surface area contributed by atoms with E-state index in [4.69, 9.17) is 11.5 Å². The molecule has 16 heavy (non-hydrogen) atoms. The largest absolute Gasteiger partial charge is 0.505 e. The fraction of sp³-hybridized carbons (Fsp3) is 0.333. The Kier molecular flexibility index (Phi) is 5.93. The van der Waals surface area contributed by atoms with E-state index < -0.39 is 0 Å². The van der Waals surface area contributed by atoms with Crippen LogP contribution in [0.1, 0.15) is 30.0 Å². The van der Waals surface area contributed by atoms with Gasteiger partial charge in [0.05, 0.1) is 5.69 Å². The second kappa shape index (κ2) is 6.40. The van der Waals surface area contributed by atoms with Crippen LogP contribution in [0.2, 0.25) is 0 Å². The molecule has 1 aromatic carbocycles. The Morgan fingerprint density at radius 3 is 2.69 bits per heavy atom. The van der Waals surface area contributed by atoms with Crippen molar-refractivity contribution >= 4 is 18.1 Å². The molecule has 5 N–H and O–H groups in total. The van der Waals surface area contributed by atoms with Gasteiger partial charge in [0.2, 0.25) is 0 Å². The van der Waals surface area contributed by atoms with E-state index in [0.29, 0.717) is 5.69 Å². The molecule has 0 aliphatic rings. The van der Waals surface area contributed by atoms with Crippen LogP contribution in [0.25, 0.3) is 0 Å². The molecule has 0 aliphatic carbocycles. The molecule has 0 amide bonds. The number of nitrogens with two attached hydrogens (primary N) is 2. The highest BCUT2D eigenvalue weighted by atomic mass is 35.5. The number of aromatic hydroxyl groups is 1. The lowest BCUT2D eigenvalue weighted by Crippen LogP contribution is -2.12. The molecule has 0 bridgehead atoms. The highest BCUT2D eigenvalue weighted by Gasteiger charge is 2.14. The van der Waals surface area contributed by atoms with E-state index in [1.54, 1.807) is 6.07 Å². The van der Waals surface area contributed by atoms with Crippen LogP contribution >= 0.6 is 12.4 Å². The average molecular weight is 243 g/mol. The van der Waals surface area contributed by atoms with Crippen LogP contribution in [0.15, 0.2) is 24.8 Å². The number of rotatable bonds is 4. The van der Waals surface area contributed by atoms with E-state index in [1.165, 1.54) is 0 Å². The first-order chi connectivity index (χ1) is 7.07. The molecule has 0 fully saturated rings. The second-order valence-electron chi connectivity index (χ2n) is 3.71. The maximum absolute atomic E-state index is 9.82. The summed E-state index contributed by atoms with van der Waals surface area (Å²) in [6, 6.07) is 3.37. The zero-order valence-electron chi connectivity index (χ0n) is 9.44. The predicted molar refractivity (Wildman–Crippen MR) is 70.9 cm³/mol. The SMILES string of the molecule is C=CCC[C@@H](N)c1c(C)ccc(N)c1O.Cl. The van der Waals surface area contributed by atoms with Crippen molar-refractivity contribution in [3.8, 4) is 5.75 Å². The third-order valence-corrected chi connectivity index (χ3v) is 2.52. The third-order valence-electron chi connectivity index (χ3n) is 2.52. The maximum Gasteiger partial charge on any atom is 0.143 e. The van der Waals surface area contributed by atoms with Crippen molar-refractivity contribution in [3.05, 3.63) is 35.9 Å². The summed E-state index contributed by atoms with van der Waals surface area (Å²) < 4.78 is 0. The Morgan fingerprint density at radius 1 is 1.50 bits per heavy atom. The number of hydrogen-bond acceptors (Lipinski definition) is 3. The lowest BCUT2D eigenvalue weighted by atomic mass is 9.96. The Morgan fingerprint density at radius 2 is 2.12 bits per heavy atom. The molecule has 90 valence electrons. The van der Waals surface area contributed by atoms with Crippen LogP contribution < -0.4 is 11.5 Å². The number of aryl methyl sites for hydroxylation is 1. The topological polar surface area (TPSA) is 72.3 Å². The van der Waals surface area contributed by atoms with E-state index in [-0.39, 0.29) is 24.2 Å². The lowest BCUT2D eigenvalue weighted by Gasteiger charge is -2.16.